The van der Waals surface area contributed by atoms with Crippen LogP contribution in [0, 0.1) is 0 Å². The topological polar surface area (TPSA) is 39.1 Å². The summed E-state index contributed by atoms with van der Waals surface area (Å²) in [6.45, 7) is 1.79. The summed E-state index contributed by atoms with van der Waals surface area (Å²) in [5.74, 6) is 1.72. The van der Waals surface area contributed by atoms with Crippen LogP contribution in [0.25, 0.3) is 11.4 Å². The molecule has 0 spiro atoms. The Balaban J connectivity index is 2.70. The number of hydrogen-bond donors (Lipinski definition) is 1. The molecule has 0 aliphatic rings. The van der Waals surface area contributed by atoms with Crippen LogP contribution in [0.4, 0.5) is 0 Å². The Morgan fingerprint density at radius 2 is 1.91 bits per heavy atom. The number of aryl methyl sites for hydroxylation is 1. The first-order chi connectivity index (χ1) is 11.0. The molecule has 0 saturated heterocycles. The lowest BCUT2D eigenvalue weighted by Gasteiger charge is -2.19. The fourth-order valence-corrected chi connectivity index (χ4v) is 4.33. The summed E-state index contributed by atoms with van der Waals surface area (Å²) in [6, 6.07) is 2.15. The van der Waals surface area contributed by atoms with Crippen molar-refractivity contribution in [3.05, 3.63) is 18.5 Å². The van der Waals surface area contributed by atoms with Gasteiger partial charge in [0.25, 0.3) is 0 Å². The molecular formula is C15H19N3OS4. The summed E-state index contributed by atoms with van der Waals surface area (Å²) in [7, 11) is 2.00. The van der Waals surface area contributed by atoms with Crippen molar-refractivity contribution in [3.8, 4) is 17.1 Å². The number of thioether (sulfide) groups is 3. The molecule has 1 N–H and O–H groups in total. The second-order valence-corrected chi connectivity index (χ2v) is 7.77. The molecular weight excluding hydrogens is 366 g/mol. The van der Waals surface area contributed by atoms with Crippen LogP contribution in [0.5, 0.6) is 5.75 Å². The van der Waals surface area contributed by atoms with Gasteiger partial charge in [0.15, 0.2) is 5.75 Å². The van der Waals surface area contributed by atoms with Gasteiger partial charge in [-0.25, -0.2) is 10.5 Å². The highest BCUT2D eigenvalue weighted by atomic mass is 32.2. The van der Waals surface area contributed by atoms with Crippen LogP contribution in [0.2, 0.25) is 0 Å². The SMILES string of the molecule is CSc1cc(SC)c(-c2nccn2C)c(SC)c1ONC(C)=S. The summed E-state index contributed by atoms with van der Waals surface area (Å²) in [6.07, 6.45) is 9.93. The fourth-order valence-electron chi connectivity index (χ4n) is 2.14. The summed E-state index contributed by atoms with van der Waals surface area (Å²) in [4.78, 5) is 14.2. The van der Waals surface area contributed by atoms with Crippen molar-refractivity contribution in [1.82, 2.24) is 15.0 Å². The van der Waals surface area contributed by atoms with Crippen LogP contribution in [0.1, 0.15) is 6.92 Å². The van der Waals surface area contributed by atoms with E-state index in [2.05, 4.69) is 22.8 Å². The summed E-state index contributed by atoms with van der Waals surface area (Å²) < 4.78 is 2.02. The van der Waals surface area contributed by atoms with Crippen LogP contribution in [-0.2, 0) is 7.05 Å². The van der Waals surface area contributed by atoms with Gasteiger partial charge in [-0.15, -0.1) is 35.3 Å². The molecule has 0 aliphatic heterocycles. The van der Waals surface area contributed by atoms with Crippen molar-refractivity contribution in [1.29, 1.82) is 0 Å². The number of thiocarbonyl (C=S) groups is 1. The molecule has 1 aromatic heterocycles. The smallest absolute Gasteiger partial charge is 0.182 e. The maximum absolute atomic E-state index is 5.81. The standard InChI is InChI=1S/C15H19N3OS4/c1-9(20)17-19-13-11(22-4)8-10(21-3)12(14(13)23-5)15-16-6-7-18(15)2/h6-8H,1-5H3,(H,17,20). The number of rotatable bonds is 6. The van der Waals surface area contributed by atoms with Crippen LogP contribution in [0.3, 0.4) is 0 Å². The average Bonchev–Trinajstić information content (AvgIpc) is 2.96. The third kappa shape index (κ3) is 3.99. The van der Waals surface area contributed by atoms with Crippen molar-refractivity contribution in [2.45, 2.75) is 21.6 Å². The van der Waals surface area contributed by atoms with Crippen LogP contribution >= 0.6 is 47.5 Å². The first kappa shape index (κ1) is 18.5. The van der Waals surface area contributed by atoms with Gasteiger partial charge >= 0.3 is 0 Å². The molecule has 0 aliphatic carbocycles. The molecule has 1 heterocycles. The van der Waals surface area contributed by atoms with Gasteiger partial charge in [-0.1, -0.05) is 12.2 Å². The number of nitrogens with one attached hydrogen (secondary N) is 1. The van der Waals surface area contributed by atoms with Crippen molar-refractivity contribution in [3.63, 3.8) is 0 Å². The molecule has 0 radical (unpaired) electrons. The molecule has 1 aromatic carbocycles. The zero-order chi connectivity index (χ0) is 17.0. The number of imidazole rings is 1. The van der Waals surface area contributed by atoms with E-state index in [4.69, 9.17) is 17.1 Å². The Hall–Kier alpha value is -0.830. The number of aromatic nitrogens is 2. The fraction of sp³-hybridized carbons (Fsp3) is 0.333. The number of hydrogen-bond acceptors (Lipinski definition) is 6. The van der Waals surface area contributed by atoms with Crippen molar-refractivity contribution in [2.24, 2.45) is 7.05 Å². The maximum atomic E-state index is 5.81. The number of nitrogens with zero attached hydrogens (tertiary/aromatic N) is 2. The molecule has 2 aromatic rings. The van der Waals surface area contributed by atoms with E-state index in [0.717, 1.165) is 26.9 Å². The molecule has 4 nitrogen and oxygen atoms in total. The van der Waals surface area contributed by atoms with Crippen molar-refractivity contribution >= 4 is 52.5 Å². The summed E-state index contributed by atoms with van der Waals surface area (Å²) in [5.41, 5.74) is 3.90. The van der Waals surface area contributed by atoms with Crippen LogP contribution in [0.15, 0.2) is 33.1 Å². The second-order valence-electron chi connectivity index (χ2n) is 4.64. The van der Waals surface area contributed by atoms with Gasteiger partial charge in [-0.05, 0) is 31.8 Å². The van der Waals surface area contributed by atoms with Gasteiger partial charge in [-0.2, -0.15) is 0 Å². The van der Waals surface area contributed by atoms with Crippen molar-refractivity contribution < 1.29 is 4.84 Å². The van der Waals surface area contributed by atoms with E-state index in [-0.39, 0.29) is 0 Å². The average molecular weight is 386 g/mol. The Morgan fingerprint density at radius 1 is 1.22 bits per heavy atom. The molecule has 0 amide bonds. The quantitative estimate of drug-likeness (QED) is 0.446. The normalized spacial score (nSPS) is 10.7. The molecule has 0 fully saturated rings. The van der Waals surface area contributed by atoms with E-state index in [9.17, 15) is 0 Å². The Kier molecular flexibility index (Phi) is 6.70. The van der Waals surface area contributed by atoms with Gasteiger partial charge in [0, 0.05) is 29.9 Å². The highest BCUT2D eigenvalue weighted by molar-refractivity contribution is 8.00. The zero-order valence-electron chi connectivity index (χ0n) is 13.7. The predicted octanol–water partition coefficient (Wildman–Crippen LogP) is 4.48. The summed E-state index contributed by atoms with van der Waals surface area (Å²) in [5, 5.41) is 0. The number of hydroxylamine groups is 1. The maximum Gasteiger partial charge on any atom is 0.182 e. The minimum Gasteiger partial charge on any atom is -0.379 e. The molecule has 0 saturated carbocycles. The highest BCUT2D eigenvalue weighted by Crippen LogP contribution is 2.47. The van der Waals surface area contributed by atoms with Gasteiger partial charge in [0.05, 0.1) is 9.79 Å². The van der Waals surface area contributed by atoms with E-state index >= 15 is 0 Å². The summed E-state index contributed by atoms with van der Waals surface area (Å²) >= 11 is 10.1. The third-order valence-electron chi connectivity index (χ3n) is 3.15. The van der Waals surface area contributed by atoms with Gasteiger partial charge < -0.3 is 9.40 Å². The minimum atomic E-state index is 0.594. The van der Waals surface area contributed by atoms with E-state index in [1.54, 1.807) is 42.2 Å². The van der Waals surface area contributed by atoms with E-state index in [0.29, 0.717) is 4.99 Å². The van der Waals surface area contributed by atoms with Gasteiger partial charge in [-0.3, -0.25) is 0 Å². The zero-order valence-corrected chi connectivity index (χ0v) is 16.9. The monoisotopic (exact) mass is 385 g/mol. The minimum absolute atomic E-state index is 0.594. The largest absolute Gasteiger partial charge is 0.379 e. The Morgan fingerprint density at radius 3 is 2.39 bits per heavy atom. The molecule has 23 heavy (non-hydrogen) atoms. The van der Waals surface area contributed by atoms with Crippen molar-refractivity contribution in [2.75, 3.05) is 18.8 Å². The molecule has 0 atom stereocenters. The van der Waals surface area contributed by atoms with Gasteiger partial charge in [0.2, 0.25) is 0 Å². The molecule has 8 heteroatoms. The van der Waals surface area contributed by atoms with E-state index in [1.807, 2.05) is 36.5 Å². The first-order valence-corrected chi connectivity index (χ1v) is 10.9. The lowest BCUT2D eigenvalue weighted by atomic mass is 10.2. The van der Waals surface area contributed by atoms with E-state index in [1.165, 1.54) is 4.90 Å². The predicted molar refractivity (Wildman–Crippen MR) is 106 cm³/mol. The molecule has 0 bridgehead atoms. The third-order valence-corrected chi connectivity index (χ3v) is 5.54. The van der Waals surface area contributed by atoms with E-state index < -0.39 is 0 Å². The molecule has 2 rings (SSSR count). The van der Waals surface area contributed by atoms with Crippen LogP contribution < -0.4 is 10.3 Å². The number of benzene rings is 1. The van der Waals surface area contributed by atoms with Gasteiger partial charge in [0.1, 0.15) is 10.8 Å². The lowest BCUT2D eigenvalue weighted by Crippen LogP contribution is -2.23. The van der Waals surface area contributed by atoms with Crippen LogP contribution in [-0.4, -0.2) is 33.3 Å². The second kappa shape index (κ2) is 8.32. The Labute approximate surface area is 155 Å². The molecule has 124 valence electrons. The molecule has 0 unspecified atom stereocenters. The lowest BCUT2D eigenvalue weighted by molar-refractivity contribution is 0.250. The highest BCUT2D eigenvalue weighted by Gasteiger charge is 2.22. The first-order valence-electron chi connectivity index (χ1n) is 6.77. The Bertz CT molecular complexity index is 715.